The van der Waals surface area contributed by atoms with Gasteiger partial charge in [0.25, 0.3) is 0 Å². The molecule has 9 rings (SSSR count). The van der Waals surface area contributed by atoms with Gasteiger partial charge in [-0.05, 0) is 105 Å². The van der Waals surface area contributed by atoms with Crippen molar-refractivity contribution >= 4 is 43.1 Å². The summed E-state index contributed by atoms with van der Waals surface area (Å²) in [5.74, 6) is 0.556. The Labute approximate surface area is 294 Å². The lowest BCUT2D eigenvalue weighted by Gasteiger charge is -2.19. The van der Waals surface area contributed by atoms with Crippen molar-refractivity contribution in [2.75, 3.05) is 0 Å². The Kier molecular flexibility index (Phi) is 7.51. The highest BCUT2D eigenvalue weighted by atomic mass is 14.2. The van der Waals surface area contributed by atoms with Crippen LogP contribution in [0.2, 0.25) is 0 Å². The molecule has 0 aliphatic heterocycles. The molecule has 238 valence electrons. The van der Waals surface area contributed by atoms with Crippen LogP contribution in [0.4, 0.5) is 0 Å². The Morgan fingerprint density at radius 2 is 0.540 bits per heavy atom. The maximum Gasteiger partial charge on any atom is -0.00264 e. The van der Waals surface area contributed by atoms with Crippen LogP contribution in [0.3, 0.4) is 0 Å². The van der Waals surface area contributed by atoms with Crippen molar-refractivity contribution in [2.45, 2.75) is 26.2 Å². The second-order valence-corrected chi connectivity index (χ2v) is 13.6. The van der Waals surface area contributed by atoms with Gasteiger partial charge in [-0.2, -0.15) is 0 Å². The molecule has 0 saturated heterocycles. The molecule has 1 atom stereocenters. The Morgan fingerprint density at radius 1 is 0.300 bits per heavy atom. The summed E-state index contributed by atoms with van der Waals surface area (Å²) in [6.07, 6.45) is 1.14. The third-order valence-electron chi connectivity index (χ3n) is 10.8. The molecule has 0 bridgehead atoms. The average Bonchev–Trinajstić information content (AvgIpc) is 3.19. The standard InChI is InChI=1S/C50H38/c1-3-33(2)34-25-27-36(28-26-34)48-43-21-11-13-23-45(43)50(46-24-14-12-22-44(46)48)38-31-29-37(30-32-38)49-41-19-9-7-17-39(41)47(35-15-5-4-6-16-35)40-18-8-10-20-42(40)49/h4-33H,3H2,1-2H3. The van der Waals surface area contributed by atoms with Crippen LogP contribution in [0.5, 0.6) is 0 Å². The summed E-state index contributed by atoms with van der Waals surface area (Å²) in [6.45, 7) is 4.57. The Morgan fingerprint density at radius 3 is 0.820 bits per heavy atom. The van der Waals surface area contributed by atoms with E-state index in [0.29, 0.717) is 5.92 Å². The number of benzene rings is 9. The van der Waals surface area contributed by atoms with Gasteiger partial charge >= 0.3 is 0 Å². The monoisotopic (exact) mass is 638 g/mol. The Bertz CT molecular complexity index is 2550. The molecule has 0 nitrogen and oxygen atoms in total. The summed E-state index contributed by atoms with van der Waals surface area (Å²) in [4.78, 5) is 0. The molecule has 0 aromatic heterocycles. The molecule has 0 fully saturated rings. The summed E-state index contributed by atoms with van der Waals surface area (Å²) < 4.78 is 0. The van der Waals surface area contributed by atoms with Crippen molar-refractivity contribution in [3.8, 4) is 44.5 Å². The van der Waals surface area contributed by atoms with Gasteiger partial charge < -0.3 is 0 Å². The van der Waals surface area contributed by atoms with Crippen LogP contribution >= 0.6 is 0 Å². The van der Waals surface area contributed by atoms with Crippen LogP contribution in [0.15, 0.2) is 176 Å². The first-order chi connectivity index (χ1) is 24.7. The molecule has 1 unspecified atom stereocenters. The smallest absolute Gasteiger partial charge is 0.00264 e. The van der Waals surface area contributed by atoms with Crippen LogP contribution in [0.1, 0.15) is 31.7 Å². The van der Waals surface area contributed by atoms with Crippen molar-refractivity contribution in [1.82, 2.24) is 0 Å². The van der Waals surface area contributed by atoms with E-state index in [-0.39, 0.29) is 0 Å². The minimum Gasteiger partial charge on any atom is -0.0648 e. The quantitative estimate of drug-likeness (QED) is 0.159. The fraction of sp³-hybridized carbons (Fsp3) is 0.0800. The first-order valence-corrected chi connectivity index (χ1v) is 17.8. The number of rotatable bonds is 6. The van der Waals surface area contributed by atoms with Gasteiger partial charge in [-0.1, -0.05) is 190 Å². The topological polar surface area (TPSA) is 0 Å². The minimum absolute atomic E-state index is 0.556. The van der Waals surface area contributed by atoms with Gasteiger partial charge in [-0.3, -0.25) is 0 Å². The highest BCUT2D eigenvalue weighted by molar-refractivity contribution is 6.23. The third kappa shape index (κ3) is 4.91. The van der Waals surface area contributed by atoms with Gasteiger partial charge in [0.05, 0.1) is 0 Å². The summed E-state index contributed by atoms with van der Waals surface area (Å²) in [7, 11) is 0. The Balaban J connectivity index is 1.24. The predicted octanol–water partition coefficient (Wildman–Crippen LogP) is 14.5. The van der Waals surface area contributed by atoms with Gasteiger partial charge in [0, 0.05) is 0 Å². The lowest BCUT2D eigenvalue weighted by Crippen LogP contribution is -1.93. The number of hydrogen-bond donors (Lipinski definition) is 0. The van der Waals surface area contributed by atoms with Crippen LogP contribution in [-0.2, 0) is 0 Å². The van der Waals surface area contributed by atoms with E-state index >= 15 is 0 Å². The van der Waals surface area contributed by atoms with Gasteiger partial charge in [0.2, 0.25) is 0 Å². The predicted molar refractivity (Wildman–Crippen MR) is 217 cm³/mol. The van der Waals surface area contributed by atoms with E-state index in [1.165, 1.54) is 93.2 Å². The van der Waals surface area contributed by atoms with Crippen molar-refractivity contribution < 1.29 is 0 Å². The zero-order valence-corrected chi connectivity index (χ0v) is 28.5. The fourth-order valence-corrected chi connectivity index (χ4v) is 8.12. The van der Waals surface area contributed by atoms with E-state index in [9.17, 15) is 0 Å². The van der Waals surface area contributed by atoms with Crippen LogP contribution in [0, 0.1) is 0 Å². The molecular weight excluding hydrogens is 601 g/mol. The second-order valence-electron chi connectivity index (χ2n) is 13.6. The summed E-state index contributed by atoms with van der Waals surface area (Å²) in [5.41, 5.74) is 11.6. The molecule has 0 radical (unpaired) electrons. The maximum absolute atomic E-state index is 2.33. The van der Waals surface area contributed by atoms with Gasteiger partial charge in [-0.25, -0.2) is 0 Å². The molecule has 0 aliphatic carbocycles. The number of hydrogen-bond acceptors (Lipinski definition) is 0. The summed E-state index contributed by atoms with van der Waals surface area (Å²) >= 11 is 0. The van der Waals surface area contributed by atoms with Crippen molar-refractivity contribution in [2.24, 2.45) is 0 Å². The molecule has 50 heavy (non-hydrogen) atoms. The maximum atomic E-state index is 2.33. The minimum atomic E-state index is 0.556. The van der Waals surface area contributed by atoms with Crippen molar-refractivity contribution in [3.05, 3.63) is 181 Å². The molecule has 0 heteroatoms. The highest BCUT2D eigenvalue weighted by Gasteiger charge is 2.19. The van der Waals surface area contributed by atoms with Crippen LogP contribution in [0.25, 0.3) is 87.6 Å². The summed E-state index contributed by atoms with van der Waals surface area (Å²) in [6, 6.07) is 65.1. The van der Waals surface area contributed by atoms with Gasteiger partial charge in [0.1, 0.15) is 0 Å². The van der Waals surface area contributed by atoms with E-state index in [0.717, 1.165) is 6.42 Å². The fourth-order valence-electron chi connectivity index (χ4n) is 8.12. The Hall–Kier alpha value is -5.98. The third-order valence-corrected chi connectivity index (χ3v) is 10.8. The first kappa shape index (κ1) is 30.1. The van der Waals surface area contributed by atoms with Gasteiger partial charge in [0.15, 0.2) is 0 Å². The molecular formula is C50H38. The highest BCUT2D eigenvalue weighted by Crippen LogP contribution is 2.46. The van der Waals surface area contributed by atoms with E-state index < -0.39 is 0 Å². The van der Waals surface area contributed by atoms with Crippen LogP contribution in [-0.4, -0.2) is 0 Å². The van der Waals surface area contributed by atoms with Crippen molar-refractivity contribution in [1.29, 1.82) is 0 Å². The normalized spacial score (nSPS) is 12.2. The lowest BCUT2D eigenvalue weighted by atomic mass is 9.84. The molecule has 0 aliphatic rings. The SMILES string of the molecule is CCC(C)c1ccc(-c2c3ccccc3c(-c3ccc(-c4c5ccccc5c(-c5ccccc5)c5ccccc45)cc3)c3ccccc23)cc1. The number of fused-ring (bicyclic) bond motifs is 4. The van der Waals surface area contributed by atoms with E-state index in [1.54, 1.807) is 0 Å². The van der Waals surface area contributed by atoms with E-state index in [1.807, 2.05) is 0 Å². The zero-order valence-electron chi connectivity index (χ0n) is 28.5. The van der Waals surface area contributed by atoms with Crippen molar-refractivity contribution in [3.63, 3.8) is 0 Å². The molecule has 0 heterocycles. The molecule has 0 saturated carbocycles. The molecule has 9 aromatic carbocycles. The largest absolute Gasteiger partial charge is 0.0648 e. The average molecular weight is 639 g/mol. The zero-order chi connectivity index (χ0) is 33.6. The van der Waals surface area contributed by atoms with E-state index in [4.69, 9.17) is 0 Å². The van der Waals surface area contributed by atoms with Gasteiger partial charge in [-0.15, -0.1) is 0 Å². The second kappa shape index (κ2) is 12.5. The van der Waals surface area contributed by atoms with E-state index in [2.05, 4.69) is 190 Å². The van der Waals surface area contributed by atoms with Crippen LogP contribution < -0.4 is 0 Å². The molecule has 9 aromatic rings. The summed E-state index contributed by atoms with van der Waals surface area (Å²) in [5, 5.41) is 10.2. The molecule has 0 amide bonds. The molecule has 0 N–H and O–H groups in total. The first-order valence-electron chi connectivity index (χ1n) is 17.8. The lowest BCUT2D eigenvalue weighted by molar-refractivity contribution is 0.734. The molecule has 0 spiro atoms.